The molecule has 0 spiro atoms. The van der Waals surface area contributed by atoms with Crippen LogP contribution >= 0.6 is 0 Å². The van der Waals surface area contributed by atoms with Crippen molar-refractivity contribution >= 4 is 17.3 Å². The Morgan fingerprint density at radius 1 is 1.27 bits per heavy atom. The number of pyridine rings is 1. The molecule has 1 amide bonds. The van der Waals surface area contributed by atoms with Gasteiger partial charge in [-0.25, -0.2) is 0 Å². The standard InChI is InChI=1S/C17H19N3O2/c1-3-10-19-17(21)16-12-14(9-11-18-16)20-13-5-7-15(8-6-13)22-4-2/h3,5-9,11-12H,1,4,10H2,2H3,(H,18,20)(H,19,21). The number of benzene rings is 1. The molecule has 0 unspecified atom stereocenters. The molecule has 114 valence electrons. The summed E-state index contributed by atoms with van der Waals surface area (Å²) in [4.78, 5) is 15.9. The molecule has 0 bridgehead atoms. The summed E-state index contributed by atoms with van der Waals surface area (Å²) < 4.78 is 5.40. The monoisotopic (exact) mass is 297 g/mol. The summed E-state index contributed by atoms with van der Waals surface area (Å²) in [6, 6.07) is 11.1. The van der Waals surface area contributed by atoms with Crippen LogP contribution in [0.15, 0.2) is 55.3 Å². The van der Waals surface area contributed by atoms with E-state index in [1.165, 1.54) is 0 Å². The molecule has 0 saturated carbocycles. The summed E-state index contributed by atoms with van der Waals surface area (Å²) in [5, 5.41) is 5.93. The number of rotatable bonds is 7. The zero-order chi connectivity index (χ0) is 15.8. The van der Waals surface area contributed by atoms with E-state index in [0.717, 1.165) is 17.1 Å². The number of nitrogens with zero attached hydrogens (tertiary/aromatic N) is 1. The number of carbonyl (C=O) groups is 1. The number of nitrogens with one attached hydrogen (secondary N) is 2. The fourth-order valence-corrected chi connectivity index (χ4v) is 1.86. The molecule has 0 radical (unpaired) electrons. The zero-order valence-corrected chi connectivity index (χ0v) is 12.5. The van der Waals surface area contributed by atoms with Crippen LogP contribution in [-0.2, 0) is 0 Å². The summed E-state index contributed by atoms with van der Waals surface area (Å²) in [5.74, 6) is 0.600. The molecule has 0 atom stereocenters. The Morgan fingerprint density at radius 3 is 2.73 bits per heavy atom. The van der Waals surface area contributed by atoms with Gasteiger partial charge in [0.05, 0.1) is 6.61 Å². The third kappa shape index (κ3) is 4.34. The van der Waals surface area contributed by atoms with Gasteiger partial charge in [0, 0.05) is 24.1 Å². The van der Waals surface area contributed by atoms with Crippen LogP contribution < -0.4 is 15.4 Å². The van der Waals surface area contributed by atoms with Crippen molar-refractivity contribution in [1.29, 1.82) is 0 Å². The van der Waals surface area contributed by atoms with Crippen molar-refractivity contribution < 1.29 is 9.53 Å². The number of aromatic nitrogens is 1. The van der Waals surface area contributed by atoms with Gasteiger partial charge in [0.15, 0.2) is 0 Å². The first-order chi connectivity index (χ1) is 10.7. The van der Waals surface area contributed by atoms with E-state index in [-0.39, 0.29) is 5.91 Å². The van der Waals surface area contributed by atoms with Gasteiger partial charge in [-0.05, 0) is 43.3 Å². The van der Waals surface area contributed by atoms with Crippen LogP contribution in [0.5, 0.6) is 5.75 Å². The second-order valence-corrected chi connectivity index (χ2v) is 4.51. The highest BCUT2D eigenvalue weighted by Gasteiger charge is 2.06. The molecule has 1 aromatic carbocycles. The van der Waals surface area contributed by atoms with Gasteiger partial charge in [-0.15, -0.1) is 6.58 Å². The van der Waals surface area contributed by atoms with Gasteiger partial charge in [0.25, 0.3) is 5.91 Å². The van der Waals surface area contributed by atoms with Gasteiger partial charge in [0.1, 0.15) is 11.4 Å². The van der Waals surface area contributed by atoms with E-state index in [4.69, 9.17) is 4.74 Å². The molecular weight excluding hydrogens is 278 g/mol. The van der Waals surface area contributed by atoms with Gasteiger partial charge < -0.3 is 15.4 Å². The van der Waals surface area contributed by atoms with E-state index >= 15 is 0 Å². The number of hydrogen-bond acceptors (Lipinski definition) is 4. The maximum atomic E-state index is 11.9. The summed E-state index contributed by atoms with van der Waals surface area (Å²) in [6.45, 7) is 6.56. The van der Waals surface area contributed by atoms with Crippen LogP contribution in [0, 0.1) is 0 Å². The second kappa shape index (κ2) is 7.83. The third-order valence-corrected chi connectivity index (χ3v) is 2.85. The minimum absolute atomic E-state index is 0.227. The van der Waals surface area contributed by atoms with Crippen LogP contribution in [0.3, 0.4) is 0 Å². The van der Waals surface area contributed by atoms with Crippen molar-refractivity contribution in [2.45, 2.75) is 6.92 Å². The van der Waals surface area contributed by atoms with Gasteiger partial charge in [-0.1, -0.05) is 6.08 Å². The Bertz CT molecular complexity index is 639. The van der Waals surface area contributed by atoms with E-state index in [1.54, 1.807) is 24.4 Å². The Hall–Kier alpha value is -2.82. The van der Waals surface area contributed by atoms with Crippen molar-refractivity contribution in [1.82, 2.24) is 10.3 Å². The average molecular weight is 297 g/mol. The van der Waals surface area contributed by atoms with E-state index in [0.29, 0.717) is 18.8 Å². The minimum atomic E-state index is -0.227. The minimum Gasteiger partial charge on any atom is -0.494 e. The number of carbonyl (C=O) groups excluding carboxylic acids is 1. The Labute approximate surface area is 130 Å². The molecule has 2 aromatic rings. The molecule has 0 fully saturated rings. The summed E-state index contributed by atoms with van der Waals surface area (Å²) >= 11 is 0. The maximum absolute atomic E-state index is 11.9. The number of hydrogen-bond donors (Lipinski definition) is 2. The smallest absolute Gasteiger partial charge is 0.270 e. The molecule has 0 aliphatic heterocycles. The van der Waals surface area contributed by atoms with Crippen molar-refractivity contribution in [2.75, 3.05) is 18.5 Å². The zero-order valence-electron chi connectivity index (χ0n) is 12.5. The summed E-state index contributed by atoms with van der Waals surface area (Å²) in [7, 11) is 0. The molecule has 0 aliphatic carbocycles. The van der Waals surface area contributed by atoms with Crippen molar-refractivity contribution in [2.24, 2.45) is 0 Å². The highest BCUT2D eigenvalue weighted by Crippen LogP contribution is 2.20. The topological polar surface area (TPSA) is 63.2 Å². The molecule has 2 rings (SSSR count). The number of anilines is 2. The summed E-state index contributed by atoms with van der Waals surface area (Å²) in [5.41, 5.74) is 2.06. The van der Waals surface area contributed by atoms with Crippen LogP contribution in [0.4, 0.5) is 11.4 Å². The van der Waals surface area contributed by atoms with E-state index in [1.807, 2.05) is 31.2 Å². The number of amides is 1. The van der Waals surface area contributed by atoms with E-state index < -0.39 is 0 Å². The van der Waals surface area contributed by atoms with Gasteiger partial charge in [-0.2, -0.15) is 0 Å². The average Bonchev–Trinajstić information content (AvgIpc) is 2.55. The van der Waals surface area contributed by atoms with Crippen LogP contribution in [0.2, 0.25) is 0 Å². The Balaban J connectivity index is 2.06. The van der Waals surface area contributed by atoms with Crippen LogP contribution in [0.25, 0.3) is 0 Å². The fourth-order valence-electron chi connectivity index (χ4n) is 1.86. The van der Waals surface area contributed by atoms with E-state index in [9.17, 15) is 4.79 Å². The van der Waals surface area contributed by atoms with Crippen LogP contribution in [0.1, 0.15) is 17.4 Å². The highest BCUT2D eigenvalue weighted by atomic mass is 16.5. The molecular formula is C17H19N3O2. The Kier molecular flexibility index (Phi) is 5.54. The molecule has 0 saturated heterocycles. The SMILES string of the molecule is C=CCNC(=O)c1cc(Nc2ccc(OCC)cc2)ccn1. The highest BCUT2D eigenvalue weighted by molar-refractivity contribution is 5.93. The third-order valence-electron chi connectivity index (χ3n) is 2.85. The van der Waals surface area contributed by atoms with Crippen molar-refractivity contribution in [3.8, 4) is 5.75 Å². The molecule has 1 heterocycles. The fraction of sp³-hybridized carbons (Fsp3) is 0.176. The molecule has 2 N–H and O–H groups in total. The molecule has 0 aliphatic rings. The van der Waals surface area contributed by atoms with Crippen molar-refractivity contribution in [3.05, 3.63) is 60.9 Å². The maximum Gasteiger partial charge on any atom is 0.270 e. The predicted octanol–water partition coefficient (Wildman–Crippen LogP) is 3.14. The van der Waals surface area contributed by atoms with Crippen molar-refractivity contribution in [3.63, 3.8) is 0 Å². The van der Waals surface area contributed by atoms with Gasteiger partial charge in [0.2, 0.25) is 0 Å². The Morgan fingerprint density at radius 2 is 2.05 bits per heavy atom. The molecule has 5 heteroatoms. The lowest BCUT2D eigenvalue weighted by molar-refractivity contribution is 0.0953. The predicted molar refractivity (Wildman–Crippen MR) is 87.7 cm³/mol. The quantitative estimate of drug-likeness (QED) is 0.771. The second-order valence-electron chi connectivity index (χ2n) is 4.51. The largest absolute Gasteiger partial charge is 0.494 e. The summed E-state index contributed by atoms with van der Waals surface area (Å²) in [6.07, 6.45) is 3.22. The molecule has 5 nitrogen and oxygen atoms in total. The first kappa shape index (κ1) is 15.6. The lowest BCUT2D eigenvalue weighted by Gasteiger charge is -2.09. The lowest BCUT2D eigenvalue weighted by atomic mass is 10.2. The van der Waals surface area contributed by atoms with Crippen LogP contribution in [-0.4, -0.2) is 24.0 Å². The molecule has 1 aromatic heterocycles. The van der Waals surface area contributed by atoms with E-state index in [2.05, 4.69) is 22.2 Å². The first-order valence-corrected chi connectivity index (χ1v) is 7.08. The number of ether oxygens (including phenoxy) is 1. The van der Waals surface area contributed by atoms with Gasteiger partial charge >= 0.3 is 0 Å². The molecule has 22 heavy (non-hydrogen) atoms. The van der Waals surface area contributed by atoms with Gasteiger partial charge in [-0.3, -0.25) is 9.78 Å². The first-order valence-electron chi connectivity index (χ1n) is 7.08. The lowest BCUT2D eigenvalue weighted by Crippen LogP contribution is -2.24. The normalized spacial score (nSPS) is 9.86.